The van der Waals surface area contributed by atoms with Gasteiger partial charge in [0.25, 0.3) is 0 Å². The Balaban J connectivity index is 1.89. The van der Waals surface area contributed by atoms with Gasteiger partial charge in [0.2, 0.25) is 5.91 Å². The third-order valence-corrected chi connectivity index (χ3v) is 7.36. The Morgan fingerprint density at radius 2 is 2.03 bits per heavy atom. The van der Waals surface area contributed by atoms with E-state index in [1.54, 1.807) is 0 Å². The first-order valence-corrected chi connectivity index (χ1v) is 12.2. The molecule has 8 heteroatoms. The summed E-state index contributed by atoms with van der Waals surface area (Å²) in [6, 6.07) is 3.64. The smallest absolute Gasteiger partial charge is 0.227 e. The lowest BCUT2D eigenvalue weighted by Gasteiger charge is -2.33. The van der Waals surface area contributed by atoms with Crippen molar-refractivity contribution in [3.8, 4) is 0 Å². The van der Waals surface area contributed by atoms with Crippen LogP contribution in [0.15, 0.2) is 12.1 Å². The molecule has 30 heavy (non-hydrogen) atoms. The Kier molecular flexibility index (Phi) is 8.09. The van der Waals surface area contributed by atoms with Gasteiger partial charge in [-0.1, -0.05) is 11.6 Å². The number of halogens is 1. The third kappa shape index (κ3) is 5.90. The minimum Gasteiger partial charge on any atom is -0.598 e. The normalized spacial score (nSPS) is 20.2. The van der Waals surface area contributed by atoms with E-state index in [1.807, 2.05) is 44.7 Å². The fourth-order valence-corrected chi connectivity index (χ4v) is 4.92. The van der Waals surface area contributed by atoms with E-state index in [4.69, 9.17) is 21.1 Å². The molecule has 168 valence electrons. The van der Waals surface area contributed by atoms with Gasteiger partial charge in [-0.25, -0.2) is 0 Å². The van der Waals surface area contributed by atoms with E-state index in [-0.39, 0.29) is 18.2 Å². The van der Waals surface area contributed by atoms with Crippen molar-refractivity contribution in [2.24, 2.45) is 0 Å². The number of hydrogen-bond acceptors (Lipinski definition) is 5. The zero-order chi connectivity index (χ0) is 21.9. The number of amides is 1. The van der Waals surface area contributed by atoms with Crippen LogP contribution >= 0.6 is 11.6 Å². The van der Waals surface area contributed by atoms with Gasteiger partial charge < -0.3 is 18.9 Å². The second-order valence-electron chi connectivity index (χ2n) is 8.87. The molecule has 2 aliphatic rings. The van der Waals surface area contributed by atoms with E-state index in [0.717, 1.165) is 23.1 Å². The number of carbonyl (C=O) groups is 1. The maximum absolute atomic E-state index is 12.9. The van der Waals surface area contributed by atoms with Gasteiger partial charge in [-0.05, 0) is 69.4 Å². The van der Waals surface area contributed by atoms with Gasteiger partial charge in [-0.2, -0.15) is 0 Å². The van der Waals surface area contributed by atoms with Gasteiger partial charge in [0.05, 0.1) is 25.7 Å². The molecule has 0 bridgehead atoms. The van der Waals surface area contributed by atoms with Crippen LogP contribution in [0.4, 0.5) is 0 Å². The second kappa shape index (κ2) is 10.2. The molecule has 1 unspecified atom stereocenters. The number of ether oxygens (including phenoxy) is 2. The highest BCUT2D eigenvalue weighted by molar-refractivity contribution is 7.90. The van der Waals surface area contributed by atoms with E-state index >= 15 is 0 Å². The number of likely N-dealkylation sites (N-methyl/N-ethyl adjacent to an activating group) is 1. The molecule has 0 aromatic heterocycles. The molecule has 0 radical (unpaired) electrons. The van der Waals surface area contributed by atoms with E-state index in [9.17, 15) is 9.35 Å². The SMILES string of the molecule is CCN1Cc2cc(Cl)cc([C@H](CCC3OCCCO3)N[S+]([O-])C(C)(C)C)c2CC1=O. The highest BCUT2D eigenvalue weighted by atomic mass is 35.5. The van der Waals surface area contributed by atoms with Crippen LogP contribution in [0.1, 0.15) is 69.7 Å². The van der Waals surface area contributed by atoms with E-state index in [1.165, 1.54) is 0 Å². The first-order valence-electron chi connectivity index (χ1n) is 10.7. The predicted molar refractivity (Wildman–Crippen MR) is 120 cm³/mol. The van der Waals surface area contributed by atoms with Crippen LogP contribution in [-0.4, -0.2) is 46.2 Å². The van der Waals surface area contributed by atoms with Crippen LogP contribution in [0.5, 0.6) is 0 Å². The van der Waals surface area contributed by atoms with Gasteiger partial charge in [-0.15, -0.1) is 4.72 Å². The minimum absolute atomic E-state index is 0.114. The monoisotopic (exact) mass is 456 g/mol. The summed E-state index contributed by atoms with van der Waals surface area (Å²) in [4.78, 5) is 14.4. The van der Waals surface area contributed by atoms with Crippen LogP contribution in [0.3, 0.4) is 0 Å². The Bertz CT molecular complexity index is 749. The summed E-state index contributed by atoms with van der Waals surface area (Å²) in [6.07, 6.45) is 2.34. The van der Waals surface area contributed by atoms with E-state index < -0.39 is 16.1 Å². The number of nitrogens with zero attached hydrogens (tertiary/aromatic N) is 1. The number of rotatable bonds is 7. The van der Waals surface area contributed by atoms with Crippen molar-refractivity contribution in [3.63, 3.8) is 0 Å². The first-order chi connectivity index (χ1) is 14.2. The summed E-state index contributed by atoms with van der Waals surface area (Å²) in [5.41, 5.74) is 3.02. The Labute approximate surface area is 187 Å². The molecule has 1 aromatic rings. The second-order valence-corrected chi connectivity index (χ2v) is 11.3. The van der Waals surface area contributed by atoms with Crippen LogP contribution in [0, 0.1) is 0 Å². The lowest BCUT2D eigenvalue weighted by Crippen LogP contribution is -2.42. The average Bonchev–Trinajstić information content (AvgIpc) is 2.70. The highest BCUT2D eigenvalue weighted by Crippen LogP contribution is 2.34. The molecule has 6 nitrogen and oxygen atoms in total. The van der Waals surface area contributed by atoms with Crippen molar-refractivity contribution in [3.05, 3.63) is 33.8 Å². The largest absolute Gasteiger partial charge is 0.598 e. The van der Waals surface area contributed by atoms with Gasteiger partial charge in [0.15, 0.2) is 6.29 Å². The molecule has 1 fully saturated rings. The van der Waals surface area contributed by atoms with Crippen molar-refractivity contribution >= 4 is 28.9 Å². The van der Waals surface area contributed by atoms with Gasteiger partial charge in [-0.3, -0.25) is 4.79 Å². The van der Waals surface area contributed by atoms with Crippen molar-refractivity contribution in [1.29, 1.82) is 0 Å². The molecule has 0 spiro atoms. The van der Waals surface area contributed by atoms with E-state index in [0.29, 0.717) is 50.6 Å². The van der Waals surface area contributed by atoms with Crippen LogP contribution in [0.25, 0.3) is 0 Å². The summed E-state index contributed by atoms with van der Waals surface area (Å²) in [6.45, 7) is 10.4. The standard InChI is InChI=1S/C22H33ClN2O4S/c1-5-25-14-15-11-16(23)12-18(17(15)13-20(25)26)19(24-30(27)22(2,3)4)7-8-21-28-9-6-10-29-21/h11-12,19,21,24H,5-10,13-14H2,1-4H3/t19-,30?/m0/s1. The lowest BCUT2D eigenvalue weighted by molar-refractivity contribution is -0.182. The fourth-order valence-electron chi connectivity index (χ4n) is 3.82. The van der Waals surface area contributed by atoms with Crippen molar-refractivity contribution in [2.45, 2.75) is 77.0 Å². The summed E-state index contributed by atoms with van der Waals surface area (Å²) in [5, 5.41) is 0.632. The third-order valence-electron chi connectivity index (χ3n) is 5.53. The first kappa shape index (κ1) is 23.8. The van der Waals surface area contributed by atoms with Crippen molar-refractivity contribution in [2.75, 3.05) is 19.8 Å². The topological polar surface area (TPSA) is 73.9 Å². The molecule has 0 saturated carbocycles. The van der Waals surface area contributed by atoms with Crippen molar-refractivity contribution < 1.29 is 18.8 Å². The molecule has 2 aliphatic heterocycles. The van der Waals surface area contributed by atoms with Crippen molar-refractivity contribution in [1.82, 2.24) is 9.62 Å². The maximum Gasteiger partial charge on any atom is 0.227 e. The molecule has 1 saturated heterocycles. The molecular weight excluding hydrogens is 424 g/mol. The van der Waals surface area contributed by atoms with Crippen LogP contribution < -0.4 is 4.72 Å². The summed E-state index contributed by atoms with van der Waals surface area (Å²) in [5.74, 6) is 0.114. The zero-order valence-electron chi connectivity index (χ0n) is 18.3. The summed E-state index contributed by atoms with van der Waals surface area (Å²) in [7, 11) is 0. The molecule has 2 heterocycles. The minimum atomic E-state index is -1.27. The number of fused-ring (bicyclic) bond motifs is 1. The molecule has 3 rings (SSSR count). The molecule has 0 aliphatic carbocycles. The molecule has 2 atom stereocenters. The number of hydrogen-bond donors (Lipinski definition) is 1. The van der Waals surface area contributed by atoms with Crippen LogP contribution in [0.2, 0.25) is 5.02 Å². The Morgan fingerprint density at radius 1 is 1.33 bits per heavy atom. The fraction of sp³-hybridized carbons (Fsp3) is 0.682. The van der Waals surface area contributed by atoms with Gasteiger partial charge in [0, 0.05) is 35.9 Å². The average molecular weight is 457 g/mol. The molecular formula is C22H33ClN2O4S. The predicted octanol–water partition coefficient (Wildman–Crippen LogP) is 3.88. The molecule has 1 aromatic carbocycles. The maximum atomic E-state index is 12.9. The summed E-state index contributed by atoms with van der Waals surface area (Å²) >= 11 is 5.20. The summed E-state index contributed by atoms with van der Waals surface area (Å²) < 4.78 is 27.3. The Morgan fingerprint density at radius 3 is 2.67 bits per heavy atom. The van der Waals surface area contributed by atoms with Gasteiger partial charge >= 0.3 is 0 Å². The van der Waals surface area contributed by atoms with Crippen LogP contribution in [-0.2, 0) is 38.6 Å². The highest BCUT2D eigenvalue weighted by Gasteiger charge is 2.33. The number of nitrogens with one attached hydrogen (secondary N) is 1. The Hall–Kier alpha value is -0.830. The zero-order valence-corrected chi connectivity index (χ0v) is 19.9. The molecule has 1 N–H and O–H groups in total. The quantitative estimate of drug-likeness (QED) is 0.630. The molecule has 1 amide bonds. The lowest BCUT2D eigenvalue weighted by atomic mass is 9.89. The number of carbonyl (C=O) groups excluding carboxylic acids is 1. The van der Waals surface area contributed by atoms with Gasteiger partial charge in [0.1, 0.15) is 4.75 Å². The number of benzene rings is 1. The van der Waals surface area contributed by atoms with E-state index in [2.05, 4.69) is 4.72 Å².